The number of benzene rings is 7. The largest absolute Gasteiger partial charge is 0.457 e. The Hall–Kier alpha value is -7.31. The summed E-state index contributed by atoms with van der Waals surface area (Å²) in [6.07, 6.45) is 1.94. The summed E-state index contributed by atoms with van der Waals surface area (Å²) in [4.78, 5) is 9.85. The first kappa shape index (κ1) is 36.7. The van der Waals surface area contributed by atoms with E-state index in [0.717, 1.165) is 45.1 Å². The van der Waals surface area contributed by atoms with Crippen LogP contribution in [0.4, 0.5) is 22.7 Å². The van der Waals surface area contributed by atoms with Crippen LogP contribution < -0.4 is 14.5 Å². The fourth-order valence-corrected chi connectivity index (χ4v) is 9.79. The molecule has 0 N–H and O–H groups in total. The van der Waals surface area contributed by atoms with Gasteiger partial charge in [-0.1, -0.05) is 93.1 Å². The molecule has 0 saturated heterocycles. The molecule has 6 nitrogen and oxygen atoms in total. The van der Waals surface area contributed by atoms with Crippen molar-refractivity contribution >= 4 is 66.4 Å². The van der Waals surface area contributed by atoms with E-state index < -0.39 is 0 Å². The second-order valence-corrected chi connectivity index (χ2v) is 17.5. The monoisotopic (exact) mass is 793 g/mol. The average molecular weight is 794 g/mol. The highest BCUT2D eigenvalue weighted by molar-refractivity contribution is 6.29. The summed E-state index contributed by atoms with van der Waals surface area (Å²) in [5.41, 5.74) is 15.4. The molecule has 3 aromatic heterocycles. The molecule has 0 radical (unpaired) electrons. The van der Waals surface area contributed by atoms with Gasteiger partial charge in [0, 0.05) is 56.9 Å². The van der Waals surface area contributed by atoms with Crippen LogP contribution in [-0.2, 0) is 5.41 Å². The zero-order valence-corrected chi connectivity index (χ0v) is 35.4. The van der Waals surface area contributed by atoms with Gasteiger partial charge in [-0.05, 0) is 122 Å². The van der Waals surface area contributed by atoms with E-state index in [-0.39, 0.29) is 5.41 Å². The predicted molar refractivity (Wildman–Crippen MR) is 254 cm³/mol. The number of aryl methyl sites for hydroxylation is 3. The molecule has 1 aliphatic rings. The molecular weight excluding hydrogens is 747 g/mol. The number of rotatable bonds is 6. The van der Waals surface area contributed by atoms with Gasteiger partial charge >= 0.3 is 0 Å². The van der Waals surface area contributed by atoms with Gasteiger partial charge < -0.3 is 19.1 Å². The third-order valence-electron chi connectivity index (χ3n) is 12.4. The quantitative estimate of drug-likeness (QED) is 0.168. The third kappa shape index (κ3) is 5.96. The Labute approximate surface area is 356 Å². The van der Waals surface area contributed by atoms with Gasteiger partial charge in [-0.2, -0.15) is 0 Å². The third-order valence-corrected chi connectivity index (χ3v) is 12.4. The number of fused-ring (bicyclic) bond motifs is 8. The van der Waals surface area contributed by atoms with Gasteiger partial charge in [0.2, 0.25) is 0 Å². The van der Waals surface area contributed by atoms with Crippen molar-refractivity contribution in [2.24, 2.45) is 0 Å². The molecule has 11 rings (SSSR count). The van der Waals surface area contributed by atoms with Gasteiger partial charge in [0.05, 0.1) is 33.4 Å². The van der Waals surface area contributed by atoms with Crippen LogP contribution in [-0.4, -0.2) is 20.8 Å². The first-order valence-electron chi connectivity index (χ1n) is 21.1. The molecule has 10 aromatic rings. The Kier molecular flexibility index (Phi) is 8.36. The van der Waals surface area contributed by atoms with Crippen LogP contribution in [0, 0.1) is 20.8 Å². The fourth-order valence-electron chi connectivity index (χ4n) is 9.79. The molecule has 61 heavy (non-hydrogen) atoms. The van der Waals surface area contributed by atoms with Gasteiger partial charge in [-0.15, -0.1) is 0 Å². The van der Waals surface area contributed by atoms with Gasteiger partial charge in [0.15, 0.2) is 0 Å². The van der Waals surface area contributed by atoms with Gasteiger partial charge in [0.25, 0.3) is 0 Å². The molecule has 1 aliphatic heterocycles. The van der Waals surface area contributed by atoms with Crippen molar-refractivity contribution in [1.82, 2.24) is 14.1 Å². The first-order valence-corrected chi connectivity index (χ1v) is 21.1. The SMILES string of the molecule is Cc1cc(C)c(N2CN(c3cccc(Oc4ccc5c6c7c8ccccc8n(-c8ccccc8)c7ccc6n(-c6cc(C(C)(C)C)ccn6)c5c4)c3)c3ccccc32)c(C)c1. The highest BCUT2D eigenvalue weighted by Crippen LogP contribution is 2.47. The van der Waals surface area contributed by atoms with Crippen molar-refractivity contribution in [3.63, 3.8) is 0 Å². The normalized spacial score (nSPS) is 13.0. The Bertz CT molecular complexity index is 3330. The number of anilines is 4. The molecule has 0 saturated carbocycles. The minimum absolute atomic E-state index is 0.0448. The minimum Gasteiger partial charge on any atom is -0.457 e. The molecule has 0 atom stereocenters. The van der Waals surface area contributed by atoms with E-state index in [4.69, 9.17) is 9.72 Å². The summed E-state index contributed by atoms with van der Waals surface area (Å²) in [6.45, 7) is 14.1. The van der Waals surface area contributed by atoms with Crippen molar-refractivity contribution in [2.45, 2.75) is 47.0 Å². The molecule has 0 aliphatic carbocycles. The summed E-state index contributed by atoms with van der Waals surface area (Å²) in [7, 11) is 0. The Morgan fingerprint density at radius 3 is 1.90 bits per heavy atom. The maximum absolute atomic E-state index is 6.84. The summed E-state index contributed by atoms with van der Waals surface area (Å²) >= 11 is 0. The number of hydrogen-bond acceptors (Lipinski definition) is 4. The smallest absolute Gasteiger partial charge is 0.137 e. The van der Waals surface area contributed by atoms with Gasteiger partial charge in [-0.25, -0.2) is 4.98 Å². The molecule has 6 heteroatoms. The van der Waals surface area contributed by atoms with Crippen molar-refractivity contribution in [2.75, 3.05) is 16.5 Å². The zero-order valence-electron chi connectivity index (χ0n) is 35.4. The molecule has 7 aromatic carbocycles. The van der Waals surface area contributed by atoms with Gasteiger partial charge in [0.1, 0.15) is 24.0 Å². The van der Waals surface area contributed by atoms with Crippen LogP contribution in [0.2, 0.25) is 0 Å². The summed E-state index contributed by atoms with van der Waals surface area (Å²) < 4.78 is 11.6. The maximum atomic E-state index is 6.84. The standard InChI is InChI=1S/C55H47N5O/c1-35-29-36(2)54(37(3)30-35)58-34-57(46-21-12-13-22-47(46)58)40-17-14-18-41(32-40)61-42-23-24-44-50(33-42)60(51-31-38(27-28-56-51)55(4,5)6)49-26-25-48-52(53(44)49)43-19-10-11-20-45(43)59(48)39-15-8-7-9-16-39/h7-33H,34H2,1-6H3. The number of nitrogens with zero attached hydrogens (tertiary/aromatic N) is 5. The van der Waals surface area contributed by atoms with Gasteiger partial charge in [-0.3, -0.25) is 4.57 Å². The van der Waals surface area contributed by atoms with Crippen molar-refractivity contribution in [3.05, 3.63) is 186 Å². The average Bonchev–Trinajstić information content (AvgIpc) is 3.91. The van der Waals surface area contributed by atoms with Crippen LogP contribution in [0.1, 0.15) is 43.0 Å². The maximum Gasteiger partial charge on any atom is 0.137 e. The predicted octanol–water partition coefficient (Wildman–Crippen LogP) is 14.5. The highest BCUT2D eigenvalue weighted by atomic mass is 16.5. The first-order chi connectivity index (χ1) is 29.6. The van der Waals surface area contributed by atoms with Crippen LogP contribution in [0.25, 0.3) is 55.1 Å². The number of para-hydroxylation sites is 4. The molecule has 0 bridgehead atoms. The summed E-state index contributed by atoms with van der Waals surface area (Å²) in [6, 6.07) is 56.6. The van der Waals surface area contributed by atoms with E-state index >= 15 is 0 Å². The van der Waals surface area contributed by atoms with Crippen LogP contribution >= 0.6 is 0 Å². The Morgan fingerprint density at radius 2 is 1.15 bits per heavy atom. The molecular formula is C55H47N5O. The summed E-state index contributed by atoms with van der Waals surface area (Å²) in [5, 5.41) is 4.79. The molecule has 0 amide bonds. The number of ether oxygens (including phenoxy) is 1. The molecule has 0 unspecified atom stereocenters. The zero-order chi connectivity index (χ0) is 41.6. The number of pyridine rings is 1. The number of hydrogen-bond donors (Lipinski definition) is 0. The highest BCUT2D eigenvalue weighted by Gasteiger charge is 2.30. The summed E-state index contributed by atoms with van der Waals surface area (Å²) in [5.74, 6) is 2.42. The second kappa shape index (κ2) is 13.9. The number of aromatic nitrogens is 3. The lowest BCUT2D eigenvalue weighted by Gasteiger charge is -2.25. The molecule has 0 spiro atoms. The molecule has 4 heterocycles. The van der Waals surface area contributed by atoms with E-state index in [0.29, 0.717) is 6.67 Å². The molecule has 0 fully saturated rings. The minimum atomic E-state index is -0.0448. The van der Waals surface area contributed by atoms with Crippen molar-refractivity contribution in [3.8, 4) is 23.0 Å². The van der Waals surface area contributed by atoms with Crippen molar-refractivity contribution in [1.29, 1.82) is 0 Å². The van der Waals surface area contributed by atoms with Crippen LogP contribution in [0.3, 0.4) is 0 Å². The molecule has 298 valence electrons. The lowest BCUT2D eigenvalue weighted by Crippen LogP contribution is -2.25. The lowest BCUT2D eigenvalue weighted by molar-refractivity contribution is 0.483. The Balaban J connectivity index is 1.05. The topological polar surface area (TPSA) is 38.5 Å². The van der Waals surface area contributed by atoms with E-state index in [1.54, 1.807) is 0 Å². The van der Waals surface area contributed by atoms with Crippen LogP contribution in [0.5, 0.6) is 11.5 Å². The van der Waals surface area contributed by atoms with E-state index in [1.807, 2.05) is 12.3 Å². The fraction of sp³-hybridized carbons (Fsp3) is 0.145. The van der Waals surface area contributed by atoms with Crippen LogP contribution in [0.15, 0.2) is 164 Å². The van der Waals surface area contributed by atoms with E-state index in [9.17, 15) is 0 Å². The van der Waals surface area contributed by atoms with Crippen molar-refractivity contribution < 1.29 is 4.74 Å². The van der Waals surface area contributed by atoms with E-state index in [1.165, 1.54) is 66.5 Å². The second-order valence-electron chi connectivity index (χ2n) is 17.5. The Morgan fingerprint density at radius 1 is 0.508 bits per heavy atom. The van der Waals surface area contributed by atoms with E-state index in [2.05, 4.69) is 212 Å². The lowest BCUT2D eigenvalue weighted by atomic mass is 9.88.